The number of anilines is 1. The maximum absolute atomic E-state index is 12.1. The van der Waals surface area contributed by atoms with E-state index >= 15 is 0 Å². The van der Waals surface area contributed by atoms with Crippen molar-refractivity contribution in [1.29, 1.82) is 0 Å². The maximum atomic E-state index is 12.1. The van der Waals surface area contributed by atoms with Crippen LogP contribution in [0.3, 0.4) is 0 Å². The summed E-state index contributed by atoms with van der Waals surface area (Å²) < 4.78 is 26.9. The van der Waals surface area contributed by atoms with Crippen molar-refractivity contribution in [2.75, 3.05) is 32.5 Å². The van der Waals surface area contributed by atoms with Gasteiger partial charge in [0.15, 0.2) is 0 Å². The van der Waals surface area contributed by atoms with E-state index in [1.807, 2.05) is 25.9 Å². The summed E-state index contributed by atoms with van der Waals surface area (Å²) in [5.74, 6) is 0.0228. The molecular formula is C14H23N3O3S. The molecule has 6 nitrogen and oxygen atoms in total. The normalized spacial score (nSPS) is 13.2. The van der Waals surface area contributed by atoms with Crippen molar-refractivity contribution in [3.63, 3.8) is 0 Å². The van der Waals surface area contributed by atoms with Gasteiger partial charge in [0.25, 0.3) is 0 Å². The first kappa shape index (κ1) is 17.6. The van der Waals surface area contributed by atoms with Crippen LogP contribution in [0.4, 0.5) is 5.69 Å². The molecule has 0 radical (unpaired) electrons. The molecule has 0 spiro atoms. The molecule has 1 rings (SSSR count). The molecule has 1 aromatic carbocycles. The zero-order valence-corrected chi connectivity index (χ0v) is 13.7. The minimum atomic E-state index is -3.52. The Kier molecular flexibility index (Phi) is 6.32. The molecule has 118 valence electrons. The Labute approximate surface area is 126 Å². The van der Waals surface area contributed by atoms with Crippen LogP contribution in [0.2, 0.25) is 0 Å². The Morgan fingerprint density at radius 1 is 1.24 bits per heavy atom. The molecule has 0 aliphatic carbocycles. The van der Waals surface area contributed by atoms with E-state index < -0.39 is 10.0 Å². The number of carbonyl (C=O) groups excluding carboxylic acids is 1. The van der Waals surface area contributed by atoms with Crippen LogP contribution in [0.25, 0.3) is 0 Å². The lowest BCUT2D eigenvalue weighted by Gasteiger charge is -2.17. The summed E-state index contributed by atoms with van der Waals surface area (Å²) in [5, 5.41) is 2.60. The maximum Gasteiger partial charge on any atom is 0.240 e. The second-order valence-electron chi connectivity index (χ2n) is 5.42. The fraction of sp³-hybridized carbons (Fsp3) is 0.500. The van der Waals surface area contributed by atoms with Gasteiger partial charge in [-0.2, -0.15) is 0 Å². The summed E-state index contributed by atoms with van der Waals surface area (Å²) >= 11 is 0. The van der Waals surface area contributed by atoms with Crippen LogP contribution >= 0.6 is 0 Å². The van der Waals surface area contributed by atoms with Gasteiger partial charge in [0.1, 0.15) is 0 Å². The second kappa shape index (κ2) is 7.53. The number of nitrogens with one attached hydrogen (secondary N) is 2. The highest BCUT2D eigenvalue weighted by Crippen LogP contribution is 2.14. The number of sulfonamides is 1. The Morgan fingerprint density at radius 2 is 1.81 bits per heavy atom. The zero-order chi connectivity index (χ0) is 16.0. The summed E-state index contributed by atoms with van der Waals surface area (Å²) in [5.41, 5.74) is 0.572. The molecule has 0 heterocycles. The minimum absolute atomic E-state index is 0.189. The standard InChI is InChI=1S/C14H23N3O3S/c1-11(10-17(3)4)9-15-21(19,20)14-7-5-13(6-8-14)16-12(2)18/h5-8,11,15H,9-10H2,1-4H3,(H,16,18)/t11-/m1/s1. The summed E-state index contributed by atoms with van der Waals surface area (Å²) in [6.07, 6.45) is 0. The number of amides is 1. The van der Waals surface area contributed by atoms with E-state index in [0.717, 1.165) is 6.54 Å². The number of hydrogen-bond acceptors (Lipinski definition) is 4. The fourth-order valence-electron chi connectivity index (χ4n) is 1.94. The van der Waals surface area contributed by atoms with Gasteiger partial charge in [-0.05, 0) is 44.3 Å². The number of rotatable bonds is 7. The van der Waals surface area contributed by atoms with E-state index in [-0.39, 0.29) is 16.7 Å². The predicted octanol–water partition coefficient (Wildman–Crippen LogP) is 1.12. The predicted molar refractivity (Wildman–Crippen MR) is 83.7 cm³/mol. The Hall–Kier alpha value is -1.44. The summed E-state index contributed by atoms with van der Waals surface area (Å²) in [4.78, 5) is 13.1. The van der Waals surface area contributed by atoms with Gasteiger partial charge in [0.05, 0.1) is 4.90 Å². The second-order valence-corrected chi connectivity index (χ2v) is 7.19. The first-order valence-corrected chi connectivity index (χ1v) is 8.21. The van der Waals surface area contributed by atoms with E-state index in [1.165, 1.54) is 19.1 Å². The minimum Gasteiger partial charge on any atom is -0.326 e. The Balaban J connectivity index is 2.68. The van der Waals surface area contributed by atoms with Crippen LogP contribution in [0.5, 0.6) is 0 Å². The quantitative estimate of drug-likeness (QED) is 0.791. The number of carbonyl (C=O) groups is 1. The van der Waals surface area contributed by atoms with Crippen LogP contribution in [-0.2, 0) is 14.8 Å². The third-order valence-corrected chi connectivity index (χ3v) is 4.22. The highest BCUT2D eigenvalue weighted by Gasteiger charge is 2.15. The monoisotopic (exact) mass is 313 g/mol. The molecule has 0 aliphatic heterocycles. The van der Waals surface area contributed by atoms with Crippen LogP contribution in [0.1, 0.15) is 13.8 Å². The van der Waals surface area contributed by atoms with Gasteiger partial charge in [0.2, 0.25) is 15.9 Å². The molecule has 0 aliphatic rings. The van der Waals surface area contributed by atoms with Gasteiger partial charge in [-0.25, -0.2) is 13.1 Å². The van der Waals surface area contributed by atoms with Crippen molar-refractivity contribution in [3.05, 3.63) is 24.3 Å². The fourth-order valence-corrected chi connectivity index (χ4v) is 3.11. The zero-order valence-electron chi connectivity index (χ0n) is 12.9. The van der Waals surface area contributed by atoms with Crippen LogP contribution in [-0.4, -0.2) is 46.4 Å². The highest BCUT2D eigenvalue weighted by atomic mass is 32.2. The van der Waals surface area contributed by atoms with Gasteiger partial charge in [-0.1, -0.05) is 6.92 Å². The number of nitrogens with zero attached hydrogens (tertiary/aromatic N) is 1. The third-order valence-electron chi connectivity index (χ3n) is 2.78. The van der Waals surface area contributed by atoms with E-state index in [4.69, 9.17) is 0 Å². The first-order chi connectivity index (χ1) is 9.70. The van der Waals surface area contributed by atoms with Crippen LogP contribution in [0, 0.1) is 5.92 Å². The number of hydrogen-bond donors (Lipinski definition) is 2. The molecule has 1 atom stereocenters. The Morgan fingerprint density at radius 3 is 2.29 bits per heavy atom. The average Bonchev–Trinajstić information content (AvgIpc) is 2.36. The molecule has 1 amide bonds. The highest BCUT2D eigenvalue weighted by molar-refractivity contribution is 7.89. The molecule has 0 saturated carbocycles. The van der Waals surface area contributed by atoms with E-state index in [9.17, 15) is 13.2 Å². The molecular weight excluding hydrogens is 290 g/mol. The molecule has 0 unspecified atom stereocenters. The van der Waals surface area contributed by atoms with E-state index in [1.54, 1.807) is 12.1 Å². The lowest BCUT2D eigenvalue weighted by Crippen LogP contribution is -2.32. The molecule has 21 heavy (non-hydrogen) atoms. The summed E-state index contributed by atoms with van der Waals surface area (Å²) in [6.45, 7) is 4.58. The van der Waals surface area contributed by atoms with Gasteiger partial charge in [-0.3, -0.25) is 4.79 Å². The molecule has 0 fully saturated rings. The number of benzene rings is 1. The van der Waals surface area contributed by atoms with Crippen molar-refractivity contribution >= 4 is 21.6 Å². The van der Waals surface area contributed by atoms with Crippen molar-refractivity contribution in [3.8, 4) is 0 Å². The SMILES string of the molecule is CC(=O)Nc1ccc(S(=O)(=O)NC[C@@H](C)CN(C)C)cc1. The lowest BCUT2D eigenvalue weighted by molar-refractivity contribution is -0.114. The molecule has 2 N–H and O–H groups in total. The first-order valence-electron chi connectivity index (χ1n) is 6.73. The van der Waals surface area contributed by atoms with Crippen LogP contribution in [0.15, 0.2) is 29.2 Å². The van der Waals surface area contributed by atoms with Gasteiger partial charge >= 0.3 is 0 Å². The third kappa shape index (κ3) is 6.24. The summed E-state index contributed by atoms with van der Waals surface area (Å²) in [6, 6.07) is 6.09. The van der Waals surface area contributed by atoms with Crippen molar-refractivity contribution in [2.45, 2.75) is 18.7 Å². The van der Waals surface area contributed by atoms with Gasteiger partial charge in [0, 0.05) is 25.7 Å². The Bertz CT molecular complexity index is 568. The summed E-state index contributed by atoms with van der Waals surface area (Å²) in [7, 11) is 0.383. The van der Waals surface area contributed by atoms with E-state index in [0.29, 0.717) is 12.2 Å². The lowest BCUT2D eigenvalue weighted by atomic mass is 10.2. The van der Waals surface area contributed by atoms with E-state index in [2.05, 4.69) is 10.0 Å². The molecule has 0 saturated heterocycles. The largest absolute Gasteiger partial charge is 0.326 e. The molecule has 0 aromatic heterocycles. The van der Waals surface area contributed by atoms with Crippen LogP contribution < -0.4 is 10.0 Å². The van der Waals surface area contributed by atoms with Crippen molar-refractivity contribution in [1.82, 2.24) is 9.62 Å². The topological polar surface area (TPSA) is 78.5 Å². The van der Waals surface area contributed by atoms with Crippen molar-refractivity contribution in [2.24, 2.45) is 5.92 Å². The van der Waals surface area contributed by atoms with Gasteiger partial charge < -0.3 is 10.2 Å². The molecule has 0 bridgehead atoms. The van der Waals surface area contributed by atoms with Crippen molar-refractivity contribution < 1.29 is 13.2 Å². The molecule has 1 aromatic rings. The average molecular weight is 313 g/mol. The smallest absolute Gasteiger partial charge is 0.240 e. The van der Waals surface area contributed by atoms with Gasteiger partial charge in [-0.15, -0.1) is 0 Å². The molecule has 7 heteroatoms.